The van der Waals surface area contributed by atoms with E-state index >= 15 is 0 Å². The number of hydrogen-bond donors (Lipinski definition) is 1. The van der Waals surface area contributed by atoms with E-state index in [2.05, 4.69) is 21.2 Å². The molecule has 2 heterocycles. The fourth-order valence-electron chi connectivity index (χ4n) is 4.47. The number of furan rings is 1. The lowest BCUT2D eigenvalue weighted by molar-refractivity contribution is -0.136. The molecule has 0 fully saturated rings. The molecule has 0 bridgehead atoms. The molecular formula is C26H20BrNO4. The van der Waals surface area contributed by atoms with E-state index in [1.807, 2.05) is 62.4 Å². The van der Waals surface area contributed by atoms with Gasteiger partial charge in [-0.15, -0.1) is 0 Å². The monoisotopic (exact) mass is 489 g/mol. The van der Waals surface area contributed by atoms with Gasteiger partial charge in [0, 0.05) is 32.4 Å². The molecule has 3 aromatic rings. The molecule has 6 heteroatoms. The predicted octanol–water partition coefficient (Wildman–Crippen LogP) is 5.76. The molecule has 0 spiro atoms. The van der Waals surface area contributed by atoms with Crippen LogP contribution in [0.3, 0.4) is 0 Å². The van der Waals surface area contributed by atoms with Gasteiger partial charge in [-0.1, -0.05) is 46.3 Å². The zero-order valence-corrected chi connectivity index (χ0v) is 19.4. The Bertz CT molecular complexity index is 1360. The number of carbonyl (C=O) groups is 2. The van der Waals surface area contributed by atoms with Crippen molar-refractivity contribution in [2.75, 3.05) is 7.11 Å². The van der Waals surface area contributed by atoms with Gasteiger partial charge in [-0.25, -0.2) is 4.79 Å². The lowest BCUT2D eigenvalue weighted by Crippen LogP contribution is -2.28. The summed E-state index contributed by atoms with van der Waals surface area (Å²) in [7, 11) is 1.34. The maximum absolute atomic E-state index is 13.4. The molecule has 2 aliphatic rings. The quantitative estimate of drug-likeness (QED) is 0.473. The highest BCUT2D eigenvalue weighted by Crippen LogP contribution is 2.47. The first-order valence-electron chi connectivity index (χ1n) is 10.2. The fraction of sp³-hybridized carbons (Fsp3) is 0.154. The topological polar surface area (TPSA) is 68.5 Å². The molecule has 1 aliphatic heterocycles. The van der Waals surface area contributed by atoms with Gasteiger partial charge in [0.25, 0.3) is 0 Å². The number of methoxy groups -OCH3 is 1. The van der Waals surface area contributed by atoms with Crippen molar-refractivity contribution >= 4 is 33.4 Å². The molecule has 0 unspecified atom stereocenters. The number of fused-ring (bicyclic) bond motifs is 2. The Morgan fingerprint density at radius 2 is 1.78 bits per heavy atom. The molecule has 0 saturated carbocycles. The van der Waals surface area contributed by atoms with Crippen LogP contribution >= 0.6 is 15.9 Å². The van der Waals surface area contributed by atoms with Crippen LogP contribution in [0.4, 0.5) is 0 Å². The number of Topliss-reactive ketones (excluding diaryl/α,β-unsaturated/α-hetero) is 1. The zero-order valence-electron chi connectivity index (χ0n) is 17.8. The normalized spacial score (nSPS) is 17.2. The van der Waals surface area contributed by atoms with Crippen LogP contribution in [-0.2, 0) is 9.53 Å². The molecule has 0 amide bonds. The standard InChI is InChI=1S/C26H20BrNO4/c1-13-8-9-17(18(27)12-13)19-10-11-20(32-19)22-21(26(30)31-3)14(2)28-24-15-6-4-5-7-16(15)25(29)23(22)24/h4-12,22,28H,1-3H3/t22-/m1/s1. The summed E-state index contributed by atoms with van der Waals surface area (Å²) in [6.07, 6.45) is 0. The van der Waals surface area contributed by atoms with Gasteiger partial charge in [0.1, 0.15) is 11.5 Å². The van der Waals surface area contributed by atoms with Crippen LogP contribution in [0.25, 0.3) is 17.0 Å². The molecule has 1 N–H and O–H groups in total. The molecule has 1 aromatic heterocycles. The van der Waals surface area contributed by atoms with Gasteiger partial charge in [0.2, 0.25) is 0 Å². The number of dihydropyridines is 1. The van der Waals surface area contributed by atoms with E-state index in [-0.39, 0.29) is 5.78 Å². The number of allylic oxidation sites excluding steroid dienone is 2. The number of benzene rings is 2. The fourth-order valence-corrected chi connectivity index (χ4v) is 5.16. The minimum atomic E-state index is -0.670. The minimum Gasteiger partial charge on any atom is -0.466 e. The first-order valence-corrected chi connectivity index (χ1v) is 11.0. The van der Waals surface area contributed by atoms with Crippen molar-refractivity contribution in [3.05, 3.63) is 98.4 Å². The van der Waals surface area contributed by atoms with Crippen molar-refractivity contribution in [3.8, 4) is 11.3 Å². The molecule has 1 atom stereocenters. The van der Waals surface area contributed by atoms with Crippen LogP contribution in [0.5, 0.6) is 0 Å². The molecule has 160 valence electrons. The SMILES string of the molecule is COC(=O)C1=C(C)NC2=C(C(=O)c3ccccc32)[C@@H]1c1ccc(-c2ccc(C)cc2Br)o1. The summed E-state index contributed by atoms with van der Waals surface area (Å²) in [5.74, 6) is -0.113. The highest BCUT2D eigenvalue weighted by molar-refractivity contribution is 9.10. The van der Waals surface area contributed by atoms with Gasteiger partial charge in [0.15, 0.2) is 5.78 Å². The van der Waals surface area contributed by atoms with Crippen molar-refractivity contribution in [2.24, 2.45) is 0 Å². The molecule has 0 saturated heterocycles. The van der Waals surface area contributed by atoms with Crippen LogP contribution in [0.15, 0.2) is 80.3 Å². The van der Waals surface area contributed by atoms with E-state index in [1.54, 1.807) is 6.07 Å². The molecule has 1 aliphatic carbocycles. The second-order valence-corrected chi connectivity index (χ2v) is 8.79. The summed E-state index contributed by atoms with van der Waals surface area (Å²) in [5, 5.41) is 3.27. The first kappa shape index (κ1) is 20.5. The smallest absolute Gasteiger partial charge is 0.336 e. The number of halogens is 1. The first-order chi connectivity index (χ1) is 15.4. The molecule has 32 heavy (non-hydrogen) atoms. The number of esters is 1. The van der Waals surface area contributed by atoms with E-state index < -0.39 is 11.9 Å². The number of ketones is 1. The summed E-state index contributed by atoms with van der Waals surface area (Å²) in [5.41, 5.74) is 5.69. The third-order valence-corrected chi connectivity index (χ3v) is 6.61. The Kier molecular flexibility index (Phi) is 4.90. The maximum Gasteiger partial charge on any atom is 0.336 e. The van der Waals surface area contributed by atoms with E-state index in [4.69, 9.17) is 9.15 Å². The van der Waals surface area contributed by atoms with Crippen molar-refractivity contribution in [3.63, 3.8) is 0 Å². The Labute approximate surface area is 193 Å². The van der Waals surface area contributed by atoms with Crippen molar-refractivity contribution < 1.29 is 18.7 Å². The molecule has 5 rings (SSSR count). The lowest BCUT2D eigenvalue weighted by atomic mass is 9.83. The average Bonchev–Trinajstić information content (AvgIpc) is 3.36. The highest BCUT2D eigenvalue weighted by Gasteiger charge is 2.44. The zero-order chi connectivity index (χ0) is 22.6. The minimum absolute atomic E-state index is 0.114. The second-order valence-electron chi connectivity index (χ2n) is 7.94. The summed E-state index contributed by atoms with van der Waals surface area (Å²) in [4.78, 5) is 26.2. The summed E-state index contributed by atoms with van der Waals surface area (Å²) in [6.45, 7) is 3.83. The Balaban J connectivity index is 1.68. The van der Waals surface area contributed by atoms with Gasteiger partial charge in [-0.2, -0.15) is 0 Å². The third kappa shape index (κ3) is 3.06. The number of ether oxygens (including phenoxy) is 1. The molecule has 2 aromatic carbocycles. The number of hydrogen-bond acceptors (Lipinski definition) is 5. The largest absolute Gasteiger partial charge is 0.466 e. The van der Waals surface area contributed by atoms with E-state index in [9.17, 15) is 9.59 Å². The molecular weight excluding hydrogens is 470 g/mol. The average molecular weight is 490 g/mol. The Hall–Kier alpha value is -3.38. The lowest BCUT2D eigenvalue weighted by Gasteiger charge is -2.27. The Morgan fingerprint density at radius 1 is 1.03 bits per heavy atom. The van der Waals surface area contributed by atoms with E-state index in [1.165, 1.54) is 7.11 Å². The number of rotatable bonds is 3. The number of aryl methyl sites for hydroxylation is 1. The molecule has 5 nitrogen and oxygen atoms in total. The predicted molar refractivity (Wildman–Crippen MR) is 125 cm³/mol. The summed E-state index contributed by atoms with van der Waals surface area (Å²) < 4.78 is 12.3. The van der Waals surface area contributed by atoms with Gasteiger partial charge in [-0.3, -0.25) is 4.79 Å². The highest BCUT2D eigenvalue weighted by atomic mass is 79.9. The van der Waals surface area contributed by atoms with E-state index in [0.29, 0.717) is 33.9 Å². The van der Waals surface area contributed by atoms with Crippen LogP contribution in [0, 0.1) is 6.92 Å². The van der Waals surface area contributed by atoms with Crippen LogP contribution in [0.1, 0.15) is 40.1 Å². The van der Waals surface area contributed by atoms with Gasteiger partial charge >= 0.3 is 5.97 Å². The van der Waals surface area contributed by atoms with Crippen LogP contribution in [0.2, 0.25) is 0 Å². The van der Waals surface area contributed by atoms with Crippen molar-refractivity contribution in [1.29, 1.82) is 0 Å². The van der Waals surface area contributed by atoms with Gasteiger partial charge in [0.05, 0.1) is 24.3 Å². The van der Waals surface area contributed by atoms with Crippen molar-refractivity contribution in [1.82, 2.24) is 5.32 Å². The summed E-state index contributed by atoms with van der Waals surface area (Å²) in [6, 6.07) is 17.1. The second kappa shape index (κ2) is 7.64. The van der Waals surface area contributed by atoms with Crippen LogP contribution < -0.4 is 5.32 Å². The van der Waals surface area contributed by atoms with E-state index in [0.717, 1.165) is 26.9 Å². The number of carbonyl (C=O) groups excluding carboxylic acids is 2. The number of nitrogens with one attached hydrogen (secondary N) is 1. The van der Waals surface area contributed by atoms with Gasteiger partial charge in [-0.05, 0) is 43.7 Å². The third-order valence-electron chi connectivity index (χ3n) is 5.96. The van der Waals surface area contributed by atoms with Gasteiger partial charge < -0.3 is 14.5 Å². The van der Waals surface area contributed by atoms with Crippen LogP contribution in [-0.4, -0.2) is 18.9 Å². The van der Waals surface area contributed by atoms with Crippen molar-refractivity contribution in [2.45, 2.75) is 19.8 Å². The maximum atomic E-state index is 13.4. The molecule has 0 radical (unpaired) electrons. The summed E-state index contributed by atoms with van der Waals surface area (Å²) >= 11 is 3.60. The Morgan fingerprint density at radius 3 is 2.50 bits per heavy atom.